The first-order chi connectivity index (χ1) is 9.12. The number of benzene rings is 1. The van der Waals surface area contributed by atoms with Crippen molar-refractivity contribution in [2.24, 2.45) is 5.84 Å². The number of hydrogen-bond acceptors (Lipinski definition) is 4. The zero-order chi connectivity index (χ0) is 14.3. The molecule has 0 saturated heterocycles. The van der Waals surface area contributed by atoms with Gasteiger partial charge in [0.05, 0.1) is 13.2 Å². The smallest absolute Gasteiger partial charge is 0.168 e. The highest BCUT2D eigenvalue weighted by Crippen LogP contribution is 2.21. The van der Waals surface area contributed by atoms with Crippen LogP contribution in [0.1, 0.15) is 25.3 Å². The minimum absolute atomic E-state index is 0.0132. The SMILES string of the molecule is COc1cccc(CC(CCC(C)OC)NN)c1F. The van der Waals surface area contributed by atoms with Crippen LogP contribution in [-0.4, -0.2) is 26.4 Å². The molecule has 2 atom stereocenters. The minimum Gasteiger partial charge on any atom is -0.494 e. The first kappa shape index (κ1) is 15.9. The van der Waals surface area contributed by atoms with E-state index in [2.05, 4.69) is 5.43 Å². The summed E-state index contributed by atoms with van der Waals surface area (Å²) in [6.07, 6.45) is 2.39. The molecular formula is C14H23FN2O2. The van der Waals surface area contributed by atoms with Crippen LogP contribution >= 0.6 is 0 Å². The predicted molar refractivity (Wildman–Crippen MR) is 73.5 cm³/mol. The van der Waals surface area contributed by atoms with Gasteiger partial charge in [-0.3, -0.25) is 11.3 Å². The molecule has 1 rings (SSSR count). The normalized spacial score (nSPS) is 14.2. The monoisotopic (exact) mass is 270 g/mol. The van der Waals surface area contributed by atoms with Gasteiger partial charge in [0.25, 0.3) is 0 Å². The van der Waals surface area contributed by atoms with Gasteiger partial charge in [0, 0.05) is 13.2 Å². The van der Waals surface area contributed by atoms with E-state index >= 15 is 0 Å². The Hall–Kier alpha value is -1.17. The lowest BCUT2D eigenvalue weighted by atomic mass is 10.0. The van der Waals surface area contributed by atoms with Crippen molar-refractivity contribution < 1.29 is 13.9 Å². The van der Waals surface area contributed by atoms with Crippen LogP contribution < -0.4 is 16.0 Å². The summed E-state index contributed by atoms with van der Waals surface area (Å²) >= 11 is 0. The fraction of sp³-hybridized carbons (Fsp3) is 0.571. The quantitative estimate of drug-likeness (QED) is 0.560. The molecule has 0 heterocycles. The molecule has 4 nitrogen and oxygen atoms in total. The number of nitrogens with two attached hydrogens (primary N) is 1. The fourth-order valence-electron chi connectivity index (χ4n) is 1.94. The lowest BCUT2D eigenvalue weighted by Crippen LogP contribution is -2.37. The highest BCUT2D eigenvalue weighted by molar-refractivity contribution is 5.31. The Morgan fingerprint density at radius 3 is 2.63 bits per heavy atom. The molecule has 5 heteroatoms. The zero-order valence-corrected chi connectivity index (χ0v) is 11.8. The Morgan fingerprint density at radius 2 is 2.05 bits per heavy atom. The van der Waals surface area contributed by atoms with E-state index in [4.69, 9.17) is 15.3 Å². The van der Waals surface area contributed by atoms with Crippen LogP contribution in [0.2, 0.25) is 0 Å². The second-order valence-electron chi connectivity index (χ2n) is 4.62. The van der Waals surface area contributed by atoms with Crippen molar-refractivity contribution in [1.82, 2.24) is 5.43 Å². The summed E-state index contributed by atoms with van der Waals surface area (Å²) in [5, 5.41) is 0. The predicted octanol–water partition coefficient (Wildman–Crippen LogP) is 2.02. The van der Waals surface area contributed by atoms with Gasteiger partial charge >= 0.3 is 0 Å². The Bertz CT molecular complexity index is 388. The molecule has 0 aliphatic rings. The number of methoxy groups -OCH3 is 2. The Balaban J connectivity index is 2.65. The van der Waals surface area contributed by atoms with E-state index in [9.17, 15) is 4.39 Å². The Kier molecular flexibility index (Phi) is 6.77. The summed E-state index contributed by atoms with van der Waals surface area (Å²) < 4.78 is 24.2. The van der Waals surface area contributed by atoms with Crippen LogP contribution in [0.3, 0.4) is 0 Å². The van der Waals surface area contributed by atoms with Gasteiger partial charge < -0.3 is 9.47 Å². The van der Waals surface area contributed by atoms with Crippen molar-refractivity contribution in [3.8, 4) is 5.75 Å². The lowest BCUT2D eigenvalue weighted by Gasteiger charge is -2.18. The van der Waals surface area contributed by atoms with Gasteiger partial charge in [0.2, 0.25) is 0 Å². The van der Waals surface area contributed by atoms with Gasteiger partial charge in [0.15, 0.2) is 11.6 Å². The van der Waals surface area contributed by atoms with Crippen molar-refractivity contribution >= 4 is 0 Å². The highest BCUT2D eigenvalue weighted by Gasteiger charge is 2.14. The number of hydrazine groups is 1. The Morgan fingerprint density at radius 1 is 1.32 bits per heavy atom. The molecule has 1 aromatic carbocycles. The van der Waals surface area contributed by atoms with Crippen LogP contribution in [0.25, 0.3) is 0 Å². The van der Waals surface area contributed by atoms with Crippen molar-refractivity contribution in [3.05, 3.63) is 29.6 Å². The van der Waals surface area contributed by atoms with E-state index in [1.54, 1.807) is 25.3 Å². The molecule has 0 saturated carbocycles. The van der Waals surface area contributed by atoms with E-state index in [0.29, 0.717) is 12.0 Å². The van der Waals surface area contributed by atoms with Crippen LogP contribution in [-0.2, 0) is 11.2 Å². The first-order valence-corrected chi connectivity index (χ1v) is 6.42. The number of nitrogens with one attached hydrogen (secondary N) is 1. The number of hydrogen-bond donors (Lipinski definition) is 2. The van der Waals surface area contributed by atoms with Crippen molar-refractivity contribution in [2.75, 3.05) is 14.2 Å². The maximum Gasteiger partial charge on any atom is 0.168 e. The molecule has 0 radical (unpaired) electrons. The van der Waals surface area contributed by atoms with Gasteiger partial charge in [-0.1, -0.05) is 12.1 Å². The number of rotatable bonds is 8. The van der Waals surface area contributed by atoms with E-state index in [-0.39, 0.29) is 23.7 Å². The summed E-state index contributed by atoms with van der Waals surface area (Å²) in [6.45, 7) is 2.00. The molecule has 3 N–H and O–H groups in total. The van der Waals surface area contributed by atoms with E-state index < -0.39 is 0 Å². The zero-order valence-electron chi connectivity index (χ0n) is 11.8. The molecule has 0 spiro atoms. The molecule has 108 valence electrons. The summed E-state index contributed by atoms with van der Waals surface area (Å²) in [7, 11) is 3.14. The van der Waals surface area contributed by atoms with Gasteiger partial charge in [0.1, 0.15) is 0 Å². The maximum atomic E-state index is 14.0. The fourth-order valence-corrected chi connectivity index (χ4v) is 1.94. The summed E-state index contributed by atoms with van der Waals surface area (Å²) in [4.78, 5) is 0. The first-order valence-electron chi connectivity index (χ1n) is 6.42. The van der Waals surface area contributed by atoms with Crippen molar-refractivity contribution in [3.63, 3.8) is 0 Å². The third kappa shape index (κ3) is 4.78. The average Bonchev–Trinajstić information content (AvgIpc) is 2.44. The maximum absolute atomic E-state index is 14.0. The molecule has 1 aromatic rings. The molecule has 0 amide bonds. The second-order valence-corrected chi connectivity index (χ2v) is 4.62. The number of ether oxygens (including phenoxy) is 2. The number of halogens is 1. The van der Waals surface area contributed by atoms with Crippen LogP contribution in [0.4, 0.5) is 4.39 Å². The highest BCUT2D eigenvalue weighted by atomic mass is 19.1. The third-order valence-corrected chi connectivity index (χ3v) is 3.29. The minimum atomic E-state index is -0.315. The van der Waals surface area contributed by atoms with Crippen molar-refractivity contribution in [2.45, 2.75) is 38.3 Å². The van der Waals surface area contributed by atoms with Crippen LogP contribution in [0, 0.1) is 5.82 Å². The van der Waals surface area contributed by atoms with Gasteiger partial charge in [-0.05, 0) is 37.8 Å². The van der Waals surface area contributed by atoms with Crippen LogP contribution in [0.5, 0.6) is 5.75 Å². The molecule has 0 aliphatic carbocycles. The third-order valence-electron chi connectivity index (χ3n) is 3.29. The molecule has 0 bridgehead atoms. The molecule has 0 aromatic heterocycles. The molecule has 2 unspecified atom stereocenters. The van der Waals surface area contributed by atoms with Gasteiger partial charge in [-0.2, -0.15) is 0 Å². The second kappa shape index (κ2) is 8.09. The summed E-state index contributed by atoms with van der Waals surface area (Å²) in [5.41, 5.74) is 3.34. The van der Waals surface area contributed by atoms with Gasteiger partial charge in [-0.25, -0.2) is 4.39 Å². The Labute approximate surface area is 114 Å². The van der Waals surface area contributed by atoms with E-state index in [1.807, 2.05) is 6.92 Å². The average molecular weight is 270 g/mol. The molecular weight excluding hydrogens is 247 g/mol. The summed E-state index contributed by atoms with van der Waals surface area (Å²) in [6, 6.07) is 5.15. The van der Waals surface area contributed by atoms with Crippen molar-refractivity contribution in [1.29, 1.82) is 0 Å². The molecule has 0 aliphatic heterocycles. The topological polar surface area (TPSA) is 56.5 Å². The molecule has 0 fully saturated rings. The van der Waals surface area contributed by atoms with E-state index in [0.717, 1.165) is 12.8 Å². The van der Waals surface area contributed by atoms with Gasteiger partial charge in [-0.15, -0.1) is 0 Å². The lowest BCUT2D eigenvalue weighted by molar-refractivity contribution is 0.106. The summed E-state index contributed by atoms with van der Waals surface area (Å²) in [5.74, 6) is 5.47. The standard InChI is InChI=1S/C14H23FN2O2/c1-10(18-2)7-8-12(17-16)9-11-5-4-6-13(19-3)14(11)15/h4-6,10,12,17H,7-9,16H2,1-3H3. The molecule has 19 heavy (non-hydrogen) atoms. The van der Waals surface area contributed by atoms with E-state index in [1.165, 1.54) is 7.11 Å². The largest absolute Gasteiger partial charge is 0.494 e. The van der Waals surface area contributed by atoms with Crippen LogP contribution in [0.15, 0.2) is 18.2 Å².